The van der Waals surface area contributed by atoms with Gasteiger partial charge in [0.05, 0.1) is 0 Å². The second-order valence-electron chi connectivity index (χ2n) is 5.68. The molecule has 1 amide bonds. The number of carbonyl (C=O) groups is 1. The predicted octanol–water partition coefficient (Wildman–Crippen LogP) is 2.38. The number of piperazine rings is 1. The van der Waals surface area contributed by atoms with E-state index in [0.29, 0.717) is 11.5 Å². The van der Waals surface area contributed by atoms with E-state index in [1.54, 1.807) is 6.92 Å². The van der Waals surface area contributed by atoms with E-state index >= 15 is 0 Å². The first-order chi connectivity index (χ1) is 11.2. The van der Waals surface area contributed by atoms with Gasteiger partial charge in [-0.05, 0) is 31.7 Å². The van der Waals surface area contributed by atoms with E-state index in [2.05, 4.69) is 33.1 Å². The Morgan fingerprint density at radius 3 is 2.74 bits per heavy atom. The first-order valence-electron chi connectivity index (χ1n) is 7.96. The minimum Gasteiger partial charge on any atom is -0.448 e. The molecule has 1 aliphatic rings. The van der Waals surface area contributed by atoms with Crippen molar-refractivity contribution in [1.82, 2.24) is 9.88 Å². The number of oxazole rings is 1. The molecule has 0 saturated carbocycles. The van der Waals surface area contributed by atoms with Crippen molar-refractivity contribution < 1.29 is 9.21 Å². The molecule has 122 valence electrons. The first kappa shape index (κ1) is 15.6. The van der Waals surface area contributed by atoms with Crippen LogP contribution in [0.2, 0.25) is 0 Å². The summed E-state index contributed by atoms with van der Waals surface area (Å²) in [6.07, 6.45) is 1.29. The van der Waals surface area contributed by atoms with Crippen LogP contribution in [0.3, 0.4) is 0 Å². The molecule has 6 heteroatoms. The second-order valence-corrected chi connectivity index (χ2v) is 5.68. The number of hydrogen-bond acceptors (Lipinski definition) is 5. The third kappa shape index (κ3) is 3.53. The number of carbonyl (C=O) groups excluding carboxylic acids is 1. The molecule has 0 radical (unpaired) electrons. The number of amides is 1. The highest BCUT2D eigenvalue weighted by Gasteiger charge is 2.17. The Kier molecular flexibility index (Phi) is 4.62. The van der Waals surface area contributed by atoms with Gasteiger partial charge < -0.3 is 19.5 Å². The molecule has 23 heavy (non-hydrogen) atoms. The molecule has 2 heterocycles. The van der Waals surface area contributed by atoms with E-state index in [1.165, 1.54) is 6.39 Å². The zero-order valence-electron chi connectivity index (χ0n) is 13.6. The van der Waals surface area contributed by atoms with Gasteiger partial charge in [0.15, 0.2) is 12.1 Å². The third-order valence-corrected chi connectivity index (χ3v) is 4.25. The van der Waals surface area contributed by atoms with Crippen LogP contribution in [0.25, 0.3) is 0 Å². The van der Waals surface area contributed by atoms with Crippen molar-refractivity contribution in [2.45, 2.75) is 13.8 Å². The standard InChI is InChI=1S/C17H22N4O2/c1-3-20-7-9-21(10-8-20)15-6-4-5-14(11-15)19-17(22)16-13(2)23-12-18-16/h4-6,11-12H,3,7-10H2,1-2H3,(H,19,22). The maximum atomic E-state index is 12.2. The van der Waals surface area contributed by atoms with Gasteiger partial charge in [-0.2, -0.15) is 0 Å². The molecule has 1 aliphatic heterocycles. The van der Waals surface area contributed by atoms with Gasteiger partial charge in [0.25, 0.3) is 5.91 Å². The lowest BCUT2D eigenvalue weighted by Crippen LogP contribution is -2.46. The lowest BCUT2D eigenvalue weighted by atomic mass is 10.2. The van der Waals surface area contributed by atoms with Crippen LogP contribution in [0.15, 0.2) is 35.1 Å². The minimum atomic E-state index is -0.246. The van der Waals surface area contributed by atoms with Crippen molar-refractivity contribution in [3.63, 3.8) is 0 Å². The molecule has 1 aromatic carbocycles. The van der Waals surface area contributed by atoms with Gasteiger partial charge in [0.2, 0.25) is 0 Å². The van der Waals surface area contributed by atoms with Crippen LogP contribution in [-0.2, 0) is 0 Å². The summed E-state index contributed by atoms with van der Waals surface area (Å²) in [6, 6.07) is 7.94. The van der Waals surface area contributed by atoms with Crippen molar-refractivity contribution in [2.24, 2.45) is 0 Å². The molecular formula is C17H22N4O2. The Morgan fingerprint density at radius 1 is 1.30 bits per heavy atom. The predicted molar refractivity (Wildman–Crippen MR) is 90.0 cm³/mol. The molecule has 2 aromatic rings. The zero-order valence-corrected chi connectivity index (χ0v) is 13.6. The number of nitrogens with zero attached hydrogens (tertiary/aromatic N) is 3. The summed E-state index contributed by atoms with van der Waals surface area (Å²) < 4.78 is 5.08. The minimum absolute atomic E-state index is 0.246. The number of rotatable bonds is 4. The van der Waals surface area contributed by atoms with E-state index in [4.69, 9.17) is 4.42 Å². The van der Waals surface area contributed by atoms with Crippen LogP contribution >= 0.6 is 0 Å². The Labute approximate surface area is 136 Å². The van der Waals surface area contributed by atoms with Gasteiger partial charge in [-0.1, -0.05) is 13.0 Å². The van der Waals surface area contributed by atoms with Crippen molar-refractivity contribution in [1.29, 1.82) is 0 Å². The molecule has 0 unspecified atom stereocenters. The summed E-state index contributed by atoms with van der Waals surface area (Å²) in [5, 5.41) is 2.89. The summed E-state index contributed by atoms with van der Waals surface area (Å²) in [4.78, 5) is 20.9. The van der Waals surface area contributed by atoms with Gasteiger partial charge >= 0.3 is 0 Å². The molecule has 1 N–H and O–H groups in total. The molecule has 0 bridgehead atoms. The fourth-order valence-corrected chi connectivity index (χ4v) is 2.82. The summed E-state index contributed by atoms with van der Waals surface area (Å²) in [5.41, 5.74) is 2.23. The van der Waals surface area contributed by atoms with Crippen LogP contribution in [0.5, 0.6) is 0 Å². The summed E-state index contributed by atoms with van der Waals surface area (Å²) in [7, 11) is 0. The fourth-order valence-electron chi connectivity index (χ4n) is 2.82. The van der Waals surface area contributed by atoms with E-state index in [-0.39, 0.29) is 5.91 Å². The number of anilines is 2. The van der Waals surface area contributed by atoms with Gasteiger partial charge in [-0.25, -0.2) is 4.98 Å². The van der Waals surface area contributed by atoms with Gasteiger partial charge in [-0.3, -0.25) is 4.79 Å². The molecule has 0 spiro atoms. The average molecular weight is 314 g/mol. The number of aryl methyl sites for hydroxylation is 1. The maximum Gasteiger partial charge on any atom is 0.277 e. The smallest absolute Gasteiger partial charge is 0.277 e. The molecule has 0 atom stereocenters. The SMILES string of the molecule is CCN1CCN(c2cccc(NC(=O)c3ncoc3C)c2)CC1. The van der Waals surface area contributed by atoms with Gasteiger partial charge in [0.1, 0.15) is 5.76 Å². The Hall–Kier alpha value is -2.34. The number of likely N-dealkylation sites (N-methyl/N-ethyl adjacent to an activating group) is 1. The lowest BCUT2D eigenvalue weighted by molar-refractivity contribution is 0.102. The van der Waals surface area contributed by atoms with E-state index in [9.17, 15) is 4.79 Å². The van der Waals surface area contributed by atoms with Crippen LogP contribution < -0.4 is 10.2 Å². The first-order valence-corrected chi connectivity index (χ1v) is 7.96. The number of aromatic nitrogens is 1. The Bertz CT molecular complexity index is 675. The largest absolute Gasteiger partial charge is 0.448 e. The molecular weight excluding hydrogens is 292 g/mol. The maximum absolute atomic E-state index is 12.2. The molecule has 1 fully saturated rings. The highest BCUT2D eigenvalue weighted by atomic mass is 16.3. The highest BCUT2D eigenvalue weighted by molar-refractivity contribution is 6.03. The average Bonchev–Trinajstić information content (AvgIpc) is 3.01. The van der Waals surface area contributed by atoms with Crippen LogP contribution in [0, 0.1) is 6.92 Å². The second kappa shape index (κ2) is 6.83. The van der Waals surface area contributed by atoms with Gasteiger partial charge in [0, 0.05) is 37.6 Å². The summed E-state index contributed by atoms with van der Waals surface area (Å²) >= 11 is 0. The number of hydrogen-bond donors (Lipinski definition) is 1. The molecule has 1 saturated heterocycles. The Morgan fingerprint density at radius 2 is 2.09 bits per heavy atom. The zero-order chi connectivity index (χ0) is 16.2. The summed E-state index contributed by atoms with van der Waals surface area (Å²) in [5.74, 6) is 0.276. The van der Waals surface area contributed by atoms with Crippen LogP contribution in [-0.4, -0.2) is 48.5 Å². The highest BCUT2D eigenvalue weighted by Crippen LogP contribution is 2.21. The summed E-state index contributed by atoms with van der Waals surface area (Å²) in [6.45, 7) is 9.18. The number of benzene rings is 1. The Balaban J connectivity index is 1.68. The van der Waals surface area contributed by atoms with E-state index in [0.717, 1.165) is 44.1 Å². The normalized spacial score (nSPS) is 15.7. The monoisotopic (exact) mass is 314 g/mol. The van der Waals surface area contributed by atoms with Crippen LogP contribution in [0.1, 0.15) is 23.2 Å². The van der Waals surface area contributed by atoms with Crippen LogP contribution in [0.4, 0.5) is 11.4 Å². The van der Waals surface area contributed by atoms with Crippen molar-refractivity contribution in [3.05, 3.63) is 42.1 Å². The molecule has 6 nitrogen and oxygen atoms in total. The van der Waals surface area contributed by atoms with Gasteiger partial charge in [-0.15, -0.1) is 0 Å². The quantitative estimate of drug-likeness (QED) is 0.939. The molecule has 1 aromatic heterocycles. The molecule has 3 rings (SSSR count). The topological polar surface area (TPSA) is 61.6 Å². The lowest BCUT2D eigenvalue weighted by Gasteiger charge is -2.35. The number of nitrogens with one attached hydrogen (secondary N) is 1. The fraction of sp³-hybridized carbons (Fsp3) is 0.412. The molecule has 0 aliphatic carbocycles. The van der Waals surface area contributed by atoms with Crippen molar-refractivity contribution >= 4 is 17.3 Å². The third-order valence-electron chi connectivity index (χ3n) is 4.25. The van der Waals surface area contributed by atoms with E-state index in [1.807, 2.05) is 18.2 Å². The van der Waals surface area contributed by atoms with E-state index < -0.39 is 0 Å². The van der Waals surface area contributed by atoms with Crippen molar-refractivity contribution in [3.8, 4) is 0 Å². The van der Waals surface area contributed by atoms with Crippen molar-refractivity contribution in [2.75, 3.05) is 42.9 Å².